The Hall–Kier alpha value is -1.06. The van der Waals surface area contributed by atoms with E-state index in [-0.39, 0.29) is 11.9 Å². The van der Waals surface area contributed by atoms with E-state index in [2.05, 4.69) is 0 Å². The zero-order valence-electron chi connectivity index (χ0n) is 9.78. The molecule has 0 aromatic carbocycles. The molecule has 86 valence electrons. The molecule has 0 aromatic rings. The standard InChI is InChI=1S/C11H19NO3/c1-7-5-6-8(9(13)14)12(7)10(15)11(2,3)4/h7-8H,5-6H2,1-4H3,(H,13,14)/t7-,8-/m0/s1. The first-order chi connectivity index (χ1) is 6.75. The highest BCUT2D eigenvalue weighted by molar-refractivity contribution is 5.87. The van der Waals surface area contributed by atoms with E-state index in [4.69, 9.17) is 5.11 Å². The summed E-state index contributed by atoms with van der Waals surface area (Å²) in [4.78, 5) is 24.6. The minimum atomic E-state index is -0.892. The molecule has 15 heavy (non-hydrogen) atoms. The Morgan fingerprint density at radius 1 is 1.27 bits per heavy atom. The molecule has 1 saturated heterocycles. The summed E-state index contributed by atoms with van der Waals surface area (Å²) in [6, 6.07) is -0.593. The maximum Gasteiger partial charge on any atom is 0.326 e. The molecule has 4 heteroatoms. The van der Waals surface area contributed by atoms with Gasteiger partial charge in [0.1, 0.15) is 6.04 Å². The summed E-state index contributed by atoms with van der Waals surface area (Å²) in [5.74, 6) is -0.961. The number of amides is 1. The van der Waals surface area contributed by atoms with Crippen molar-refractivity contribution in [2.24, 2.45) is 5.41 Å². The lowest BCUT2D eigenvalue weighted by molar-refractivity contribution is -0.153. The molecule has 1 aliphatic heterocycles. The normalized spacial score (nSPS) is 26.8. The number of carbonyl (C=O) groups is 2. The predicted molar refractivity (Wildman–Crippen MR) is 56.4 cm³/mol. The van der Waals surface area contributed by atoms with Crippen LogP contribution < -0.4 is 0 Å². The second-order valence-corrected chi connectivity index (χ2v) is 5.24. The van der Waals surface area contributed by atoms with Gasteiger partial charge in [0.2, 0.25) is 5.91 Å². The van der Waals surface area contributed by atoms with E-state index in [0.29, 0.717) is 6.42 Å². The van der Waals surface area contributed by atoms with Gasteiger partial charge in [0.25, 0.3) is 0 Å². The van der Waals surface area contributed by atoms with Crippen LogP contribution in [0.4, 0.5) is 0 Å². The van der Waals surface area contributed by atoms with Gasteiger partial charge < -0.3 is 10.0 Å². The lowest BCUT2D eigenvalue weighted by Crippen LogP contribution is -2.48. The quantitative estimate of drug-likeness (QED) is 0.718. The minimum Gasteiger partial charge on any atom is -0.480 e. The van der Waals surface area contributed by atoms with Crippen molar-refractivity contribution in [3.05, 3.63) is 0 Å². The number of hydrogen-bond acceptors (Lipinski definition) is 2. The van der Waals surface area contributed by atoms with Crippen molar-refractivity contribution in [3.63, 3.8) is 0 Å². The molecule has 2 atom stereocenters. The Kier molecular flexibility index (Phi) is 3.07. The molecule has 0 aliphatic carbocycles. The molecular formula is C11H19NO3. The molecule has 1 rings (SSSR count). The Morgan fingerprint density at radius 3 is 2.20 bits per heavy atom. The number of hydrogen-bond donors (Lipinski definition) is 1. The smallest absolute Gasteiger partial charge is 0.326 e. The van der Waals surface area contributed by atoms with Crippen molar-refractivity contribution in [2.75, 3.05) is 0 Å². The summed E-state index contributed by atoms with van der Waals surface area (Å²) in [5, 5.41) is 9.02. The number of nitrogens with zero attached hydrogens (tertiary/aromatic N) is 1. The molecule has 0 radical (unpaired) electrons. The molecule has 1 fully saturated rings. The molecular weight excluding hydrogens is 194 g/mol. The number of rotatable bonds is 1. The van der Waals surface area contributed by atoms with Crippen LogP contribution in [0.5, 0.6) is 0 Å². The average Bonchev–Trinajstić information content (AvgIpc) is 2.44. The van der Waals surface area contributed by atoms with Crippen LogP contribution >= 0.6 is 0 Å². The number of carboxylic acid groups (broad SMARTS) is 1. The van der Waals surface area contributed by atoms with Crippen molar-refractivity contribution in [2.45, 2.75) is 52.6 Å². The van der Waals surface area contributed by atoms with Gasteiger partial charge in [-0.2, -0.15) is 0 Å². The van der Waals surface area contributed by atoms with Crippen LogP contribution in [0.25, 0.3) is 0 Å². The van der Waals surface area contributed by atoms with Crippen LogP contribution in [-0.2, 0) is 9.59 Å². The summed E-state index contributed by atoms with van der Waals surface area (Å²) >= 11 is 0. The first-order valence-corrected chi connectivity index (χ1v) is 5.30. The molecule has 4 nitrogen and oxygen atoms in total. The fraction of sp³-hybridized carbons (Fsp3) is 0.818. The Bertz CT molecular complexity index is 280. The molecule has 1 heterocycles. The van der Waals surface area contributed by atoms with Gasteiger partial charge in [-0.25, -0.2) is 4.79 Å². The summed E-state index contributed by atoms with van der Waals surface area (Å²) in [5.41, 5.74) is -0.508. The molecule has 1 aliphatic rings. The van der Waals surface area contributed by atoms with Crippen molar-refractivity contribution in [3.8, 4) is 0 Å². The zero-order valence-corrected chi connectivity index (χ0v) is 9.78. The molecule has 0 bridgehead atoms. The van der Waals surface area contributed by atoms with Gasteiger partial charge in [0, 0.05) is 11.5 Å². The van der Waals surface area contributed by atoms with Crippen LogP contribution in [0.1, 0.15) is 40.5 Å². The highest BCUT2D eigenvalue weighted by Crippen LogP contribution is 2.29. The molecule has 1 N–H and O–H groups in total. The SMILES string of the molecule is C[C@H]1CC[C@@H](C(=O)O)N1C(=O)C(C)(C)C. The van der Waals surface area contributed by atoms with Gasteiger partial charge in [-0.05, 0) is 19.8 Å². The van der Waals surface area contributed by atoms with E-state index in [1.54, 1.807) is 0 Å². The maximum atomic E-state index is 12.1. The Labute approximate surface area is 90.3 Å². The lowest BCUT2D eigenvalue weighted by Gasteiger charge is -2.32. The topological polar surface area (TPSA) is 57.6 Å². The van der Waals surface area contributed by atoms with E-state index in [9.17, 15) is 9.59 Å². The molecule has 0 spiro atoms. The number of carboxylic acids is 1. The third-order valence-corrected chi connectivity index (χ3v) is 2.83. The summed E-state index contributed by atoms with van der Waals surface area (Å²) in [6.07, 6.45) is 1.34. The Balaban J connectivity index is 2.90. The van der Waals surface area contributed by atoms with E-state index < -0.39 is 17.4 Å². The number of carbonyl (C=O) groups excluding carboxylic acids is 1. The molecule has 0 aromatic heterocycles. The van der Waals surface area contributed by atoms with Crippen LogP contribution in [0.2, 0.25) is 0 Å². The maximum absolute atomic E-state index is 12.1. The van der Waals surface area contributed by atoms with Crippen LogP contribution in [0, 0.1) is 5.41 Å². The van der Waals surface area contributed by atoms with Gasteiger partial charge in [0.15, 0.2) is 0 Å². The number of likely N-dealkylation sites (tertiary alicyclic amines) is 1. The fourth-order valence-electron chi connectivity index (χ4n) is 1.96. The van der Waals surface area contributed by atoms with Gasteiger partial charge in [-0.1, -0.05) is 20.8 Å². The Morgan fingerprint density at radius 2 is 1.80 bits per heavy atom. The van der Waals surface area contributed by atoms with Crippen LogP contribution in [0.3, 0.4) is 0 Å². The van der Waals surface area contributed by atoms with Crippen molar-refractivity contribution in [1.82, 2.24) is 4.90 Å². The van der Waals surface area contributed by atoms with Crippen molar-refractivity contribution in [1.29, 1.82) is 0 Å². The van der Waals surface area contributed by atoms with E-state index in [0.717, 1.165) is 6.42 Å². The number of aliphatic carboxylic acids is 1. The van der Waals surface area contributed by atoms with Crippen molar-refractivity contribution >= 4 is 11.9 Å². The summed E-state index contributed by atoms with van der Waals surface area (Å²) in [7, 11) is 0. The molecule has 0 saturated carbocycles. The largest absolute Gasteiger partial charge is 0.480 e. The third-order valence-electron chi connectivity index (χ3n) is 2.83. The monoisotopic (exact) mass is 213 g/mol. The molecule has 0 unspecified atom stereocenters. The average molecular weight is 213 g/mol. The van der Waals surface area contributed by atoms with E-state index in [1.165, 1.54) is 4.90 Å². The fourth-order valence-corrected chi connectivity index (χ4v) is 1.96. The zero-order chi connectivity index (χ0) is 11.8. The lowest BCUT2D eigenvalue weighted by atomic mass is 9.94. The van der Waals surface area contributed by atoms with Crippen LogP contribution in [-0.4, -0.2) is 34.0 Å². The third kappa shape index (κ3) is 2.30. The first kappa shape index (κ1) is 12.0. The second kappa shape index (κ2) is 3.83. The van der Waals surface area contributed by atoms with E-state index in [1.807, 2.05) is 27.7 Å². The molecule has 1 amide bonds. The summed E-state index contributed by atoms with van der Waals surface area (Å²) < 4.78 is 0. The predicted octanol–water partition coefficient (Wildman–Crippen LogP) is 1.50. The van der Waals surface area contributed by atoms with Gasteiger partial charge >= 0.3 is 5.97 Å². The van der Waals surface area contributed by atoms with Crippen LogP contribution in [0.15, 0.2) is 0 Å². The highest BCUT2D eigenvalue weighted by atomic mass is 16.4. The highest BCUT2D eigenvalue weighted by Gasteiger charge is 2.42. The van der Waals surface area contributed by atoms with Crippen molar-refractivity contribution < 1.29 is 14.7 Å². The van der Waals surface area contributed by atoms with Gasteiger partial charge in [0.05, 0.1) is 0 Å². The first-order valence-electron chi connectivity index (χ1n) is 5.30. The summed E-state index contributed by atoms with van der Waals surface area (Å²) in [6.45, 7) is 7.37. The van der Waals surface area contributed by atoms with E-state index >= 15 is 0 Å². The van der Waals surface area contributed by atoms with Gasteiger partial charge in [-0.3, -0.25) is 4.79 Å². The second-order valence-electron chi connectivity index (χ2n) is 5.24. The van der Waals surface area contributed by atoms with Gasteiger partial charge in [-0.15, -0.1) is 0 Å². The minimum absolute atomic E-state index is 0.0397.